The lowest BCUT2D eigenvalue weighted by Crippen LogP contribution is -2.42. The first kappa shape index (κ1) is 22.1. The van der Waals surface area contributed by atoms with Crippen molar-refractivity contribution in [1.82, 2.24) is 25.4 Å². The quantitative estimate of drug-likeness (QED) is 0.459. The van der Waals surface area contributed by atoms with Gasteiger partial charge in [-0.05, 0) is 50.3 Å². The average Bonchev–Trinajstić information content (AvgIpc) is 3.39. The Labute approximate surface area is 179 Å². The van der Waals surface area contributed by atoms with Gasteiger partial charge in [0.1, 0.15) is 18.1 Å². The summed E-state index contributed by atoms with van der Waals surface area (Å²) < 4.78 is 13.4. The molecular weight excluding hydrogens is 380 g/mol. The number of hydrogen-bond acceptors (Lipinski definition) is 5. The van der Waals surface area contributed by atoms with Crippen LogP contribution in [0.3, 0.4) is 0 Å². The summed E-state index contributed by atoms with van der Waals surface area (Å²) in [6.45, 7) is 7.64. The van der Waals surface area contributed by atoms with Crippen LogP contribution in [-0.4, -0.2) is 53.1 Å². The van der Waals surface area contributed by atoms with E-state index < -0.39 is 0 Å². The van der Waals surface area contributed by atoms with Gasteiger partial charge < -0.3 is 24.7 Å². The molecule has 0 amide bonds. The van der Waals surface area contributed by atoms with Crippen LogP contribution < -0.4 is 15.4 Å². The van der Waals surface area contributed by atoms with Crippen molar-refractivity contribution >= 4 is 5.96 Å². The van der Waals surface area contributed by atoms with E-state index in [0.717, 1.165) is 75.3 Å². The molecule has 2 heterocycles. The monoisotopic (exact) mass is 414 g/mol. The Bertz CT molecular complexity index is 814. The van der Waals surface area contributed by atoms with Gasteiger partial charge in [0.2, 0.25) is 0 Å². The molecule has 1 atom stereocenters. The van der Waals surface area contributed by atoms with Gasteiger partial charge in [-0.25, -0.2) is 4.99 Å². The number of aliphatic imine (C=N–C) groups is 1. The highest BCUT2D eigenvalue weighted by atomic mass is 16.5. The molecule has 30 heavy (non-hydrogen) atoms. The summed E-state index contributed by atoms with van der Waals surface area (Å²) in [5, 5.41) is 15.2. The lowest BCUT2D eigenvalue weighted by atomic mass is 10.1. The van der Waals surface area contributed by atoms with E-state index in [2.05, 4.69) is 39.9 Å². The van der Waals surface area contributed by atoms with E-state index in [1.807, 2.05) is 30.7 Å². The zero-order valence-electron chi connectivity index (χ0n) is 18.4. The van der Waals surface area contributed by atoms with Crippen molar-refractivity contribution in [1.29, 1.82) is 0 Å². The SMILES string of the molecule is CCCOc1cccc(CCNC(=NCc2nnc(C)n2C)NCC2CCCO2)c1. The highest BCUT2D eigenvalue weighted by molar-refractivity contribution is 5.79. The van der Waals surface area contributed by atoms with E-state index in [4.69, 9.17) is 14.5 Å². The first-order valence-electron chi connectivity index (χ1n) is 10.9. The third-order valence-corrected chi connectivity index (χ3v) is 5.16. The van der Waals surface area contributed by atoms with E-state index in [0.29, 0.717) is 6.54 Å². The van der Waals surface area contributed by atoms with Crippen molar-refractivity contribution in [2.45, 2.75) is 52.2 Å². The van der Waals surface area contributed by atoms with Crippen LogP contribution in [0.25, 0.3) is 0 Å². The summed E-state index contributed by atoms with van der Waals surface area (Å²) in [5.41, 5.74) is 1.23. The number of ether oxygens (including phenoxy) is 2. The number of guanidine groups is 1. The summed E-state index contributed by atoms with van der Waals surface area (Å²) in [6.07, 6.45) is 4.36. The first-order valence-corrected chi connectivity index (χ1v) is 10.9. The third-order valence-electron chi connectivity index (χ3n) is 5.16. The standard InChI is InChI=1S/C22H34N6O2/c1-4-12-29-19-8-5-7-18(14-19)10-11-23-22(24-15-20-9-6-13-30-20)25-16-21-27-26-17(2)28(21)3/h5,7-8,14,20H,4,6,9-13,15-16H2,1-3H3,(H2,23,24,25). The minimum Gasteiger partial charge on any atom is -0.494 e. The Morgan fingerprint density at radius 1 is 1.33 bits per heavy atom. The molecular formula is C22H34N6O2. The smallest absolute Gasteiger partial charge is 0.191 e. The van der Waals surface area contributed by atoms with Crippen molar-refractivity contribution < 1.29 is 9.47 Å². The summed E-state index contributed by atoms with van der Waals surface area (Å²) in [4.78, 5) is 4.71. The topological polar surface area (TPSA) is 85.6 Å². The second kappa shape index (κ2) is 11.5. The van der Waals surface area contributed by atoms with Crippen LogP contribution in [0.2, 0.25) is 0 Å². The van der Waals surface area contributed by atoms with Crippen LogP contribution in [0.4, 0.5) is 0 Å². The van der Waals surface area contributed by atoms with Crippen molar-refractivity contribution in [3.05, 3.63) is 41.5 Å². The van der Waals surface area contributed by atoms with Gasteiger partial charge in [0.05, 0.1) is 12.7 Å². The highest BCUT2D eigenvalue weighted by Gasteiger charge is 2.15. The second-order valence-corrected chi connectivity index (χ2v) is 7.58. The molecule has 1 aliphatic heterocycles. The average molecular weight is 415 g/mol. The van der Waals surface area contributed by atoms with Crippen molar-refractivity contribution in [3.8, 4) is 5.75 Å². The molecule has 1 aromatic carbocycles. The third kappa shape index (κ3) is 6.73. The van der Waals surface area contributed by atoms with Gasteiger partial charge in [-0.15, -0.1) is 10.2 Å². The molecule has 1 fully saturated rings. The van der Waals surface area contributed by atoms with Crippen LogP contribution >= 0.6 is 0 Å². The van der Waals surface area contributed by atoms with E-state index in [-0.39, 0.29) is 6.10 Å². The predicted molar refractivity (Wildman–Crippen MR) is 118 cm³/mol. The normalized spacial score (nSPS) is 16.6. The fourth-order valence-corrected chi connectivity index (χ4v) is 3.26. The Hall–Kier alpha value is -2.61. The summed E-state index contributed by atoms with van der Waals surface area (Å²) >= 11 is 0. The zero-order chi connectivity index (χ0) is 21.2. The van der Waals surface area contributed by atoms with Crippen molar-refractivity contribution in [2.24, 2.45) is 12.0 Å². The largest absolute Gasteiger partial charge is 0.494 e. The molecule has 0 radical (unpaired) electrons. The van der Waals surface area contributed by atoms with Gasteiger partial charge in [-0.3, -0.25) is 0 Å². The molecule has 3 rings (SSSR count). The molecule has 1 aliphatic rings. The maximum atomic E-state index is 5.73. The molecule has 164 valence electrons. The Morgan fingerprint density at radius 2 is 2.23 bits per heavy atom. The lowest BCUT2D eigenvalue weighted by molar-refractivity contribution is 0.114. The second-order valence-electron chi connectivity index (χ2n) is 7.58. The number of aryl methyl sites for hydroxylation is 1. The van der Waals surface area contributed by atoms with Crippen LogP contribution in [0, 0.1) is 6.92 Å². The molecule has 1 unspecified atom stereocenters. The molecule has 8 nitrogen and oxygen atoms in total. The molecule has 0 spiro atoms. The molecule has 1 aromatic heterocycles. The summed E-state index contributed by atoms with van der Waals surface area (Å²) in [6, 6.07) is 8.28. The molecule has 1 saturated heterocycles. The highest BCUT2D eigenvalue weighted by Crippen LogP contribution is 2.14. The van der Waals surface area contributed by atoms with Crippen LogP contribution in [-0.2, 0) is 24.8 Å². The van der Waals surface area contributed by atoms with Gasteiger partial charge in [0.15, 0.2) is 11.8 Å². The van der Waals surface area contributed by atoms with E-state index in [1.54, 1.807) is 0 Å². The lowest BCUT2D eigenvalue weighted by Gasteiger charge is -2.16. The molecule has 0 saturated carbocycles. The van der Waals surface area contributed by atoms with E-state index in [9.17, 15) is 0 Å². The van der Waals surface area contributed by atoms with E-state index >= 15 is 0 Å². The number of nitrogens with one attached hydrogen (secondary N) is 2. The minimum atomic E-state index is 0.251. The number of nitrogens with zero attached hydrogens (tertiary/aromatic N) is 4. The predicted octanol–water partition coefficient (Wildman–Crippen LogP) is 2.37. The molecule has 8 heteroatoms. The minimum absolute atomic E-state index is 0.251. The van der Waals surface area contributed by atoms with Crippen LogP contribution in [0.1, 0.15) is 43.4 Å². The Morgan fingerprint density at radius 3 is 2.97 bits per heavy atom. The Kier molecular flexibility index (Phi) is 8.50. The zero-order valence-corrected chi connectivity index (χ0v) is 18.4. The van der Waals surface area contributed by atoms with E-state index in [1.165, 1.54) is 5.56 Å². The molecule has 0 bridgehead atoms. The van der Waals surface area contributed by atoms with Gasteiger partial charge in [-0.2, -0.15) is 0 Å². The number of benzene rings is 1. The fraction of sp³-hybridized carbons (Fsp3) is 0.591. The fourth-order valence-electron chi connectivity index (χ4n) is 3.26. The maximum Gasteiger partial charge on any atom is 0.191 e. The maximum absolute atomic E-state index is 5.73. The van der Waals surface area contributed by atoms with Gasteiger partial charge in [0, 0.05) is 26.7 Å². The van der Waals surface area contributed by atoms with Crippen molar-refractivity contribution in [2.75, 3.05) is 26.3 Å². The number of rotatable bonds is 10. The number of hydrogen-bond donors (Lipinski definition) is 2. The summed E-state index contributed by atoms with van der Waals surface area (Å²) in [5.74, 6) is 3.42. The van der Waals surface area contributed by atoms with Gasteiger partial charge in [-0.1, -0.05) is 19.1 Å². The Balaban J connectivity index is 1.55. The summed E-state index contributed by atoms with van der Waals surface area (Å²) in [7, 11) is 1.96. The van der Waals surface area contributed by atoms with Crippen LogP contribution in [0.15, 0.2) is 29.3 Å². The van der Waals surface area contributed by atoms with Crippen molar-refractivity contribution in [3.63, 3.8) is 0 Å². The number of aromatic nitrogens is 3. The first-order chi connectivity index (χ1) is 14.7. The van der Waals surface area contributed by atoms with Gasteiger partial charge in [0.25, 0.3) is 0 Å². The van der Waals surface area contributed by atoms with Gasteiger partial charge >= 0.3 is 0 Å². The van der Waals surface area contributed by atoms with Crippen LogP contribution in [0.5, 0.6) is 5.75 Å². The molecule has 2 aromatic rings. The molecule has 2 N–H and O–H groups in total. The molecule has 0 aliphatic carbocycles.